The molecule has 0 unspecified atom stereocenters. The Morgan fingerprint density at radius 1 is 1.54 bits per heavy atom. The van der Waals surface area contributed by atoms with Crippen LogP contribution in [0.15, 0.2) is 11.3 Å². The van der Waals surface area contributed by atoms with Gasteiger partial charge in [0, 0.05) is 18.3 Å². The van der Waals surface area contributed by atoms with Crippen LogP contribution in [0.25, 0.3) is 0 Å². The number of esters is 1. The predicted octanol–water partition coefficient (Wildman–Crippen LogP) is 1.55. The van der Waals surface area contributed by atoms with E-state index in [1.54, 1.807) is 0 Å². The van der Waals surface area contributed by atoms with Crippen molar-refractivity contribution in [2.45, 2.75) is 33.2 Å². The molecule has 0 saturated carbocycles. The van der Waals surface area contributed by atoms with Gasteiger partial charge in [-0.3, -0.25) is 0 Å². The van der Waals surface area contributed by atoms with Crippen LogP contribution in [-0.4, -0.2) is 30.6 Å². The highest BCUT2D eigenvalue weighted by Gasteiger charge is 2.25. The summed E-state index contributed by atoms with van der Waals surface area (Å²) in [6, 6.07) is 0.460. The van der Waals surface area contributed by atoms with Crippen LogP contribution < -0.4 is 0 Å². The van der Waals surface area contributed by atoms with Crippen LogP contribution in [-0.2, 0) is 9.53 Å². The second kappa shape index (κ2) is 3.81. The van der Waals surface area contributed by atoms with Crippen molar-refractivity contribution in [2.75, 3.05) is 13.7 Å². The summed E-state index contributed by atoms with van der Waals surface area (Å²) >= 11 is 0. The Labute approximate surface area is 79.4 Å². The molecule has 74 valence electrons. The van der Waals surface area contributed by atoms with Crippen LogP contribution in [0.5, 0.6) is 0 Å². The van der Waals surface area contributed by atoms with Crippen LogP contribution >= 0.6 is 0 Å². The van der Waals surface area contributed by atoms with Crippen molar-refractivity contribution >= 4 is 5.97 Å². The Hall–Kier alpha value is -0.990. The second-order valence-corrected chi connectivity index (χ2v) is 3.59. The van der Waals surface area contributed by atoms with Crippen LogP contribution in [0.1, 0.15) is 27.2 Å². The third-order valence-electron chi connectivity index (χ3n) is 2.53. The summed E-state index contributed by atoms with van der Waals surface area (Å²) in [5.41, 5.74) is 1.90. The van der Waals surface area contributed by atoms with Crippen molar-refractivity contribution in [1.82, 2.24) is 4.90 Å². The lowest BCUT2D eigenvalue weighted by Gasteiger charge is -2.24. The molecule has 0 spiro atoms. The van der Waals surface area contributed by atoms with Crippen molar-refractivity contribution in [3.8, 4) is 0 Å². The Morgan fingerprint density at radius 2 is 2.15 bits per heavy atom. The molecule has 0 fully saturated rings. The van der Waals surface area contributed by atoms with Crippen LogP contribution in [0.3, 0.4) is 0 Å². The fraction of sp³-hybridized carbons (Fsp3) is 0.700. The fourth-order valence-corrected chi connectivity index (χ4v) is 1.77. The minimum absolute atomic E-state index is 0.180. The third kappa shape index (κ3) is 1.85. The third-order valence-corrected chi connectivity index (χ3v) is 2.53. The highest BCUT2D eigenvalue weighted by Crippen LogP contribution is 2.25. The van der Waals surface area contributed by atoms with Crippen molar-refractivity contribution in [1.29, 1.82) is 0 Å². The molecule has 0 amide bonds. The number of nitrogens with zero attached hydrogens (tertiary/aromatic N) is 1. The zero-order valence-corrected chi connectivity index (χ0v) is 8.76. The van der Waals surface area contributed by atoms with Crippen molar-refractivity contribution in [3.05, 3.63) is 11.3 Å². The number of carbonyl (C=O) groups excluding carboxylic acids is 1. The van der Waals surface area contributed by atoms with Gasteiger partial charge in [-0.05, 0) is 27.2 Å². The lowest BCUT2D eigenvalue weighted by molar-refractivity contribution is -0.136. The van der Waals surface area contributed by atoms with Crippen LogP contribution in [0.4, 0.5) is 0 Å². The lowest BCUT2D eigenvalue weighted by atomic mass is 10.2. The Balaban J connectivity index is 2.81. The number of carbonyl (C=O) groups is 1. The molecular formula is C10H17NO2. The van der Waals surface area contributed by atoms with Crippen LogP contribution in [0, 0.1) is 0 Å². The van der Waals surface area contributed by atoms with E-state index in [4.69, 9.17) is 4.74 Å². The smallest absolute Gasteiger partial charge is 0.335 e. The zero-order valence-electron chi connectivity index (χ0n) is 8.76. The monoisotopic (exact) mass is 183 g/mol. The maximum Gasteiger partial charge on any atom is 0.335 e. The second-order valence-electron chi connectivity index (χ2n) is 3.59. The first-order chi connectivity index (χ1) is 6.07. The molecule has 3 heteroatoms. The standard InChI is InChI=1S/C10H17NO2/c1-7(2)11-6-5-9(8(11)3)10(12)13-4/h7H,5-6H2,1-4H3. The summed E-state index contributed by atoms with van der Waals surface area (Å²) < 4.78 is 4.71. The zero-order chi connectivity index (χ0) is 10.0. The molecule has 1 aliphatic rings. The molecular weight excluding hydrogens is 166 g/mol. The molecule has 0 bridgehead atoms. The molecule has 1 aliphatic heterocycles. The molecule has 13 heavy (non-hydrogen) atoms. The van der Waals surface area contributed by atoms with Gasteiger partial charge in [-0.2, -0.15) is 0 Å². The average Bonchev–Trinajstić information content (AvgIpc) is 2.46. The molecule has 0 saturated heterocycles. The summed E-state index contributed by atoms with van der Waals surface area (Å²) in [5.74, 6) is -0.180. The SMILES string of the molecule is COC(=O)C1=C(C)N(C(C)C)CC1. The highest BCUT2D eigenvalue weighted by atomic mass is 16.5. The molecule has 1 heterocycles. The summed E-state index contributed by atoms with van der Waals surface area (Å²) in [4.78, 5) is 13.5. The minimum atomic E-state index is -0.180. The number of rotatable bonds is 2. The Bertz CT molecular complexity index is 243. The number of allylic oxidation sites excluding steroid dienone is 1. The Kier molecular flexibility index (Phi) is 2.96. The molecule has 0 atom stereocenters. The summed E-state index contributed by atoms with van der Waals surface area (Å²) in [6.07, 6.45) is 0.816. The van der Waals surface area contributed by atoms with E-state index in [0.717, 1.165) is 24.2 Å². The maximum absolute atomic E-state index is 11.3. The van der Waals surface area contributed by atoms with E-state index in [1.165, 1.54) is 7.11 Å². The van der Waals surface area contributed by atoms with E-state index in [2.05, 4.69) is 18.7 Å². The summed E-state index contributed by atoms with van der Waals surface area (Å²) in [7, 11) is 1.43. The molecule has 0 aromatic heterocycles. The van der Waals surface area contributed by atoms with Gasteiger partial charge in [0.2, 0.25) is 0 Å². The average molecular weight is 183 g/mol. The van der Waals surface area contributed by atoms with E-state index >= 15 is 0 Å². The maximum atomic E-state index is 11.3. The molecule has 0 aromatic rings. The van der Waals surface area contributed by atoms with Gasteiger partial charge in [0.1, 0.15) is 0 Å². The van der Waals surface area contributed by atoms with Gasteiger partial charge in [-0.15, -0.1) is 0 Å². The van der Waals surface area contributed by atoms with E-state index < -0.39 is 0 Å². The number of ether oxygens (including phenoxy) is 1. The quantitative estimate of drug-likeness (QED) is 0.608. The molecule has 0 aliphatic carbocycles. The first kappa shape index (κ1) is 10.1. The normalized spacial score (nSPS) is 17.2. The van der Waals surface area contributed by atoms with Gasteiger partial charge in [-0.25, -0.2) is 4.79 Å². The van der Waals surface area contributed by atoms with E-state index in [9.17, 15) is 4.79 Å². The van der Waals surface area contributed by atoms with Crippen molar-refractivity contribution in [3.63, 3.8) is 0 Å². The fourth-order valence-electron chi connectivity index (χ4n) is 1.77. The van der Waals surface area contributed by atoms with Crippen molar-refractivity contribution in [2.24, 2.45) is 0 Å². The molecule has 0 aromatic carbocycles. The first-order valence-corrected chi connectivity index (χ1v) is 4.62. The highest BCUT2D eigenvalue weighted by molar-refractivity contribution is 5.89. The number of hydrogen-bond acceptors (Lipinski definition) is 3. The molecule has 1 rings (SSSR count). The molecule has 0 N–H and O–H groups in total. The number of methoxy groups -OCH3 is 1. The molecule has 3 nitrogen and oxygen atoms in total. The lowest BCUT2D eigenvalue weighted by Crippen LogP contribution is -2.26. The minimum Gasteiger partial charge on any atom is -0.466 e. The summed E-state index contributed by atoms with van der Waals surface area (Å²) in [5, 5.41) is 0. The van der Waals surface area contributed by atoms with Gasteiger partial charge in [0.05, 0.1) is 12.7 Å². The van der Waals surface area contributed by atoms with Gasteiger partial charge < -0.3 is 9.64 Å². The van der Waals surface area contributed by atoms with Crippen LogP contribution in [0.2, 0.25) is 0 Å². The predicted molar refractivity (Wildman–Crippen MR) is 51.2 cm³/mol. The topological polar surface area (TPSA) is 29.5 Å². The number of hydrogen-bond donors (Lipinski definition) is 0. The van der Waals surface area contributed by atoms with Gasteiger partial charge >= 0.3 is 5.97 Å². The Morgan fingerprint density at radius 3 is 2.54 bits per heavy atom. The molecule has 0 radical (unpaired) electrons. The van der Waals surface area contributed by atoms with Gasteiger partial charge in [0.15, 0.2) is 0 Å². The largest absolute Gasteiger partial charge is 0.466 e. The van der Waals surface area contributed by atoms with E-state index in [0.29, 0.717) is 6.04 Å². The van der Waals surface area contributed by atoms with E-state index in [-0.39, 0.29) is 5.97 Å². The first-order valence-electron chi connectivity index (χ1n) is 4.62. The van der Waals surface area contributed by atoms with E-state index in [1.807, 2.05) is 6.92 Å². The van der Waals surface area contributed by atoms with Gasteiger partial charge in [-0.1, -0.05) is 0 Å². The van der Waals surface area contributed by atoms with Gasteiger partial charge in [0.25, 0.3) is 0 Å². The summed E-state index contributed by atoms with van der Waals surface area (Å²) in [6.45, 7) is 7.18. The van der Waals surface area contributed by atoms with Crippen molar-refractivity contribution < 1.29 is 9.53 Å².